The standard InChI is InChI=1S/C14H16O5/c1-2-18-14(17)9-6-7-11(13(15)16)12(8-9)19-10-4-3-5-10/h6-8,10H,2-5H2,1H3,(H,15,16). The average molecular weight is 264 g/mol. The molecule has 0 aliphatic heterocycles. The third kappa shape index (κ3) is 3.05. The zero-order valence-electron chi connectivity index (χ0n) is 10.7. The molecule has 1 aromatic carbocycles. The van der Waals surface area contributed by atoms with Crippen molar-refractivity contribution in [3.8, 4) is 5.75 Å². The number of aromatic carboxylic acids is 1. The van der Waals surface area contributed by atoms with Crippen molar-refractivity contribution in [3.63, 3.8) is 0 Å². The molecule has 5 heteroatoms. The third-order valence-corrected chi connectivity index (χ3v) is 3.07. The van der Waals surface area contributed by atoms with Crippen molar-refractivity contribution in [2.45, 2.75) is 32.3 Å². The van der Waals surface area contributed by atoms with Gasteiger partial charge >= 0.3 is 11.9 Å². The molecular weight excluding hydrogens is 248 g/mol. The van der Waals surface area contributed by atoms with Gasteiger partial charge < -0.3 is 14.6 Å². The number of carbonyl (C=O) groups excluding carboxylic acids is 1. The summed E-state index contributed by atoms with van der Waals surface area (Å²) in [5.41, 5.74) is 0.376. The Morgan fingerprint density at radius 2 is 2.11 bits per heavy atom. The van der Waals surface area contributed by atoms with E-state index in [0.717, 1.165) is 19.3 Å². The van der Waals surface area contributed by atoms with E-state index >= 15 is 0 Å². The molecule has 0 heterocycles. The second kappa shape index (κ2) is 5.73. The number of carbonyl (C=O) groups is 2. The van der Waals surface area contributed by atoms with Crippen LogP contribution >= 0.6 is 0 Å². The topological polar surface area (TPSA) is 72.8 Å². The summed E-state index contributed by atoms with van der Waals surface area (Å²) < 4.78 is 10.5. The highest BCUT2D eigenvalue weighted by atomic mass is 16.5. The molecule has 5 nitrogen and oxygen atoms in total. The van der Waals surface area contributed by atoms with Crippen molar-refractivity contribution in [1.29, 1.82) is 0 Å². The van der Waals surface area contributed by atoms with E-state index in [1.165, 1.54) is 18.2 Å². The van der Waals surface area contributed by atoms with Crippen LogP contribution in [0.4, 0.5) is 0 Å². The largest absolute Gasteiger partial charge is 0.490 e. The molecule has 1 N–H and O–H groups in total. The summed E-state index contributed by atoms with van der Waals surface area (Å²) in [5.74, 6) is -1.30. The summed E-state index contributed by atoms with van der Waals surface area (Å²) in [5, 5.41) is 9.11. The highest BCUT2D eigenvalue weighted by molar-refractivity contribution is 5.95. The third-order valence-electron chi connectivity index (χ3n) is 3.07. The Hall–Kier alpha value is -2.04. The molecule has 1 aliphatic carbocycles. The fourth-order valence-electron chi connectivity index (χ4n) is 1.81. The van der Waals surface area contributed by atoms with Gasteiger partial charge in [-0.15, -0.1) is 0 Å². The molecule has 0 spiro atoms. The summed E-state index contributed by atoms with van der Waals surface area (Å²) in [6.07, 6.45) is 2.98. The number of carboxylic acid groups (broad SMARTS) is 1. The van der Waals surface area contributed by atoms with Gasteiger partial charge in [0.25, 0.3) is 0 Å². The van der Waals surface area contributed by atoms with E-state index in [1.807, 2.05) is 0 Å². The molecule has 0 unspecified atom stereocenters. The van der Waals surface area contributed by atoms with Crippen molar-refractivity contribution in [2.24, 2.45) is 0 Å². The molecule has 0 atom stereocenters. The molecule has 1 saturated carbocycles. The normalized spacial score (nSPS) is 14.6. The lowest BCUT2D eigenvalue weighted by Crippen LogP contribution is -2.25. The molecule has 19 heavy (non-hydrogen) atoms. The molecule has 0 bridgehead atoms. The van der Waals surface area contributed by atoms with E-state index in [-0.39, 0.29) is 24.0 Å². The number of ether oxygens (including phenoxy) is 2. The zero-order chi connectivity index (χ0) is 13.8. The predicted molar refractivity (Wildman–Crippen MR) is 67.6 cm³/mol. The molecule has 0 amide bonds. The smallest absolute Gasteiger partial charge is 0.339 e. The minimum atomic E-state index is -1.07. The lowest BCUT2D eigenvalue weighted by molar-refractivity contribution is 0.0522. The maximum absolute atomic E-state index is 11.6. The summed E-state index contributed by atoms with van der Waals surface area (Å²) in [6.45, 7) is 1.99. The summed E-state index contributed by atoms with van der Waals surface area (Å²) in [7, 11) is 0. The molecular formula is C14H16O5. The summed E-state index contributed by atoms with van der Waals surface area (Å²) >= 11 is 0. The number of carboxylic acids is 1. The molecule has 0 saturated heterocycles. The van der Waals surface area contributed by atoms with E-state index < -0.39 is 11.9 Å². The Bertz CT molecular complexity index is 491. The fraction of sp³-hybridized carbons (Fsp3) is 0.429. The second-order valence-corrected chi connectivity index (χ2v) is 4.41. The van der Waals surface area contributed by atoms with Crippen LogP contribution in [-0.4, -0.2) is 29.8 Å². The van der Waals surface area contributed by atoms with E-state index in [9.17, 15) is 9.59 Å². The first-order chi connectivity index (χ1) is 9.11. The molecule has 1 aliphatic rings. The molecule has 1 fully saturated rings. The van der Waals surface area contributed by atoms with Crippen LogP contribution < -0.4 is 4.74 Å². The SMILES string of the molecule is CCOC(=O)c1ccc(C(=O)O)c(OC2CCC2)c1. The minimum absolute atomic E-state index is 0.0514. The van der Waals surface area contributed by atoms with E-state index in [0.29, 0.717) is 5.56 Å². The van der Waals surface area contributed by atoms with Crippen LogP contribution in [-0.2, 0) is 4.74 Å². The van der Waals surface area contributed by atoms with Crippen LogP contribution in [0, 0.1) is 0 Å². The number of benzene rings is 1. The van der Waals surface area contributed by atoms with Gasteiger partial charge in [-0.1, -0.05) is 0 Å². The Balaban J connectivity index is 2.26. The van der Waals surface area contributed by atoms with Crippen LogP contribution in [0.5, 0.6) is 5.75 Å². The van der Waals surface area contributed by atoms with Crippen LogP contribution in [0.25, 0.3) is 0 Å². The number of esters is 1. The van der Waals surface area contributed by atoms with E-state index in [4.69, 9.17) is 14.6 Å². The maximum Gasteiger partial charge on any atom is 0.339 e. The predicted octanol–water partition coefficient (Wildman–Crippen LogP) is 2.49. The van der Waals surface area contributed by atoms with Gasteiger partial charge in [-0.25, -0.2) is 9.59 Å². The molecule has 0 aromatic heterocycles. The van der Waals surface area contributed by atoms with Crippen LogP contribution in [0.15, 0.2) is 18.2 Å². The van der Waals surface area contributed by atoms with Gasteiger partial charge in [0, 0.05) is 0 Å². The van der Waals surface area contributed by atoms with Crippen molar-refractivity contribution in [1.82, 2.24) is 0 Å². The summed E-state index contributed by atoms with van der Waals surface area (Å²) in [4.78, 5) is 22.7. The Morgan fingerprint density at radius 3 is 2.63 bits per heavy atom. The monoisotopic (exact) mass is 264 g/mol. The van der Waals surface area contributed by atoms with Crippen LogP contribution in [0.2, 0.25) is 0 Å². The minimum Gasteiger partial charge on any atom is -0.490 e. The van der Waals surface area contributed by atoms with Gasteiger partial charge in [0.1, 0.15) is 11.3 Å². The van der Waals surface area contributed by atoms with Crippen LogP contribution in [0.1, 0.15) is 46.9 Å². The summed E-state index contributed by atoms with van der Waals surface area (Å²) in [6, 6.07) is 4.26. The fourth-order valence-corrected chi connectivity index (χ4v) is 1.81. The quantitative estimate of drug-likeness (QED) is 0.827. The first-order valence-electron chi connectivity index (χ1n) is 6.33. The molecule has 2 rings (SSSR count). The highest BCUT2D eigenvalue weighted by Crippen LogP contribution is 2.28. The molecule has 102 valence electrons. The first-order valence-corrected chi connectivity index (χ1v) is 6.33. The maximum atomic E-state index is 11.6. The Labute approximate surface area is 111 Å². The number of hydrogen-bond donors (Lipinski definition) is 1. The Morgan fingerprint density at radius 1 is 1.37 bits per heavy atom. The van der Waals surface area contributed by atoms with Gasteiger partial charge in [0.15, 0.2) is 0 Å². The van der Waals surface area contributed by atoms with E-state index in [2.05, 4.69) is 0 Å². The van der Waals surface area contributed by atoms with Crippen molar-refractivity contribution >= 4 is 11.9 Å². The van der Waals surface area contributed by atoms with Gasteiger partial charge in [-0.05, 0) is 44.4 Å². The lowest BCUT2D eigenvalue weighted by atomic mass is 9.96. The van der Waals surface area contributed by atoms with Gasteiger partial charge in [0.2, 0.25) is 0 Å². The Kier molecular flexibility index (Phi) is 4.04. The highest BCUT2D eigenvalue weighted by Gasteiger charge is 2.23. The zero-order valence-corrected chi connectivity index (χ0v) is 10.7. The number of hydrogen-bond acceptors (Lipinski definition) is 4. The molecule has 0 radical (unpaired) electrons. The number of rotatable bonds is 5. The van der Waals surface area contributed by atoms with Crippen molar-refractivity contribution in [3.05, 3.63) is 29.3 Å². The van der Waals surface area contributed by atoms with Gasteiger partial charge in [0.05, 0.1) is 18.3 Å². The lowest BCUT2D eigenvalue weighted by Gasteiger charge is -2.27. The molecule has 1 aromatic rings. The van der Waals surface area contributed by atoms with Gasteiger partial charge in [-0.2, -0.15) is 0 Å². The first kappa shape index (κ1) is 13.4. The van der Waals surface area contributed by atoms with Crippen molar-refractivity contribution in [2.75, 3.05) is 6.61 Å². The average Bonchev–Trinajstić information content (AvgIpc) is 2.33. The van der Waals surface area contributed by atoms with Crippen LogP contribution in [0.3, 0.4) is 0 Å². The van der Waals surface area contributed by atoms with E-state index in [1.54, 1.807) is 6.92 Å². The van der Waals surface area contributed by atoms with Crippen molar-refractivity contribution < 1.29 is 24.2 Å². The van der Waals surface area contributed by atoms with Gasteiger partial charge in [-0.3, -0.25) is 0 Å². The second-order valence-electron chi connectivity index (χ2n) is 4.41.